The first-order valence-electron chi connectivity index (χ1n) is 6.42. The number of rotatable bonds is 5. The van der Waals surface area contributed by atoms with Gasteiger partial charge in [0.2, 0.25) is 0 Å². The molecule has 0 aliphatic heterocycles. The second-order valence-corrected chi connectivity index (χ2v) is 4.42. The van der Waals surface area contributed by atoms with E-state index in [1.54, 1.807) is 0 Å². The van der Waals surface area contributed by atoms with E-state index in [9.17, 15) is 13.2 Å². The van der Waals surface area contributed by atoms with Crippen LogP contribution in [-0.2, 0) is 0 Å². The largest absolute Gasteiger partial charge is 0.305 e. The molecular weight excluding hydrogens is 265 g/mol. The van der Waals surface area contributed by atoms with Gasteiger partial charge in [0.1, 0.15) is 17.5 Å². The minimum absolute atomic E-state index is 0.103. The molecule has 0 bridgehead atoms. The molecule has 2 nitrogen and oxygen atoms in total. The molecule has 0 radical (unpaired) electrons. The van der Waals surface area contributed by atoms with E-state index in [1.165, 1.54) is 24.4 Å². The number of nitrogens with zero attached hydrogens (tertiary/aromatic N) is 1. The van der Waals surface area contributed by atoms with Gasteiger partial charge in [0.15, 0.2) is 0 Å². The molecule has 1 heterocycles. The minimum Gasteiger partial charge on any atom is -0.305 e. The van der Waals surface area contributed by atoms with Crippen LogP contribution in [0.4, 0.5) is 13.2 Å². The van der Waals surface area contributed by atoms with Gasteiger partial charge < -0.3 is 5.32 Å². The first-order chi connectivity index (χ1) is 9.63. The van der Waals surface area contributed by atoms with Crippen molar-refractivity contribution in [3.8, 4) is 0 Å². The van der Waals surface area contributed by atoms with E-state index >= 15 is 0 Å². The van der Waals surface area contributed by atoms with Crippen molar-refractivity contribution in [2.75, 3.05) is 6.54 Å². The van der Waals surface area contributed by atoms with Gasteiger partial charge in [0, 0.05) is 17.8 Å². The van der Waals surface area contributed by atoms with Crippen LogP contribution in [0.5, 0.6) is 0 Å². The van der Waals surface area contributed by atoms with Gasteiger partial charge in [-0.2, -0.15) is 0 Å². The van der Waals surface area contributed by atoms with E-state index < -0.39 is 23.5 Å². The molecule has 1 aromatic carbocycles. The number of hydrogen-bond donors (Lipinski definition) is 1. The smallest absolute Gasteiger partial charge is 0.146 e. The summed E-state index contributed by atoms with van der Waals surface area (Å²) in [6, 6.07) is 5.25. The van der Waals surface area contributed by atoms with Crippen LogP contribution in [0.2, 0.25) is 0 Å². The molecule has 106 valence electrons. The topological polar surface area (TPSA) is 24.9 Å². The van der Waals surface area contributed by atoms with Crippen molar-refractivity contribution in [2.24, 2.45) is 0 Å². The van der Waals surface area contributed by atoms with E-state index in [0.29, 0.717) is 6.54 Å². The molecule has 0 aliphatic carbocycles. The summed E-state index contributed by atoms with van der Waals surface area (Å²) < 4.78 is 40.8. The fourth-order valence-electron chi connectivity index (χ4n) is 1.99. The molecule has 1 unspecified atom stereocenters. The summed E-state index contributed by atoms with van der Waals surface area (Å²) in [6.07, 6.45) is 2.24. The van der Waals surface area contributed by atoms with E-state index in [2.05, 4.69) is 10.3 Å². The Labute approximate surface area is 115 Å². The molecular formula is C15H15F3N2. The highest BCUT2D eigenvalue weighted by Crippen LogP contribution is 2.25. The zero-order valence-electron chi connectivity index (χ0n) is 11.0. The first-order valence-corrected chi connectivity index (χ1v) is 6.42. The maximum Gasteiger partial charge on any atom is 0.146 e. The standard InChI is InChI=1S/C15H15F3N2/c1-2-7-19-14(15-12(17)4-3-8-20-15)11-6-5-10(16)9-13(11)18/h3-6,8-9,14,19H,2,7H2,1H3. The molecule has 0 amide bonds. The lowest BCUT2D eigenvalue weighted by Crippen LogP contribution is -2.26. The van der Waals surface area contributed by atoms with Gasteiger partial charge >= 0.3 is 0 Å². The molecule has 0 fully saturated rings. The van der Waals surface area contributed by atoms with Gasteiger partial charge in [0.25, 0.3) is 0 Å². The Morgan fingerprint density at radius 3 is 2.60 bits per heavy atom. The molecule has 20 heavy (non-hydrogen) atoms. The van der Waals surface area contributed by atoms with Crippen LogP contribution in [0.1, 0.15) is 30.6 Å². The van der Waals surface area contributed by atoms with Crippen LogP contribution in [-0.4, -0.2) is 11.5 Å². The Kier molecular flexibility index (Phi) is 4.74. The molecule has 2 rings (SSSR count). The summed E-state index contributed by atoms with van der Waals surface area (Å²) in [5.74, 6) is -1.91. The summed E-state index contributed by atoms with van der Waals surface area (Å²) >= 11 is 0. The Morgan fingerprint density at radius 2 is 1.95 bits per heavy atom. The number of halogens is 3. The normalized spacial score (nSPS) is 12.4. The number of pyridine rings is 1. The molecule has 0 saturated carbocycles. The Hall–Kier alpha value is -1.88. The van der Waals surface area contributed by atoms with Crippen molar-refractivity contribution in [2.45, 2.75) is 19.4 Å². The quantitative estimate of drug-likeness (QED) is 0.905. The lowest BCUT2D eigenvalue weighted by molar-refractivity contribution is 0.503. The van der Waals surface area contributed by atoms with E-state index in [-0.39, 0.29) is 11.3 Å². The molecule has 1 atom stereocenters. The van der Waals surface area contributed by atoms with E-state index in [0.717, 1.165) is 18.6 Å². The summed E-state index contributed by atoms with van der Waals surface area (Å²) in [7, 11) is 0. The summed E-state index contributed by atoms with van der Waals surface area (Å²) in [6.45, 7) is 2.51. The molecule has 0 aliphatic rings. The lowest BCUT2D eigenvalue weighted by atomic mass is 10.0. The first kappa shape index (κ1) is 14.5. The Balaban J connectivity index is 2.44. The van der Waals surface area contributed by atoms with Crippen molar-refractivity contribution >= 4 is 0 Å². The average molecular weight is 280 g/mol. The minimum atomic E-state index is -0.739. The van der Waals surface area contributed by atoms with Crippen molar-refractivity contribution in [1.82, 2.24) is 10.3 Å². The zero-order valence-corrected chi connectivity index (χ0v) is 11.0. The highest BCUT2D eigenvalue weighted by molar-refractivity contribution is 5.30. The number of benzene rings is 1. The Morgan fingerprint density at radius 1 is 1.15 bits per heavy atom. The van der Waals surface area contributed by atoms with Gasteiger partial charge in [-0.3, -0.25) is 4.98 Å². The van der Waals surface area contributed by atoms with Crippen molar-refractivity contribution in [3.05, 3.63) is 65.2 Å². The van der Waals surface area contributed by atoms with Crippen LogP contribution in [0.25, 0.3) is 0 Å². The molecule has 1 N–H and O–H groups in total. The van der Waals surface area contributed by atoms with Gasteiger partial charge in [-0.1, -0.05) is 13.0 Å². The molecule has 5 heteroatoms. The van der Waals surface area contributed by atoms with Crippen LogP contribution in [0, 0.1) is 17.5 Å². The van der Waals surface area contributed by atoms with Crippen molar-refractivity contribution in [3.63, 3.8) is 0 Å². The second-order valence-electron chi connectivity index (χ2n) is 4.42. The van der Waals surface area contributed by atoms with Gasteiger partial charge in [-0.25, -0.2) is 13.2 Å². The predicted molar refractivity (Wildman–Crippen MR) is 70.7 cm³/mol. The van der Waals surface area contributed by atoms with Gasteiger partial charge in [-0.15, -0.1) is 0 Å². The van der Waals surface area contributed by atoms with E-state index in [4.69, 9.17) is 0 Å². The van der Waals surface area contributed by atoms with Crippen molar-refractivity contribution in [1.29, 1.82) is 0 Å². The SMILES string of the molecule is CCCNC(c1ccc(F)cc1F)c1ncccc1F. The third-order valence-corrected chi connectivity index (χ3v) is 2.93. The van der Waals surface area contributed by atoms with Crippen LogP contribution >= 0.6 is 0 Å². The Bertz CT molecular complexity index is 587. The predicted octanol–water partition coefficient (Wildman–Crippen LogP) is 3.59. The summed E-state index contributed by atoms with van der Waals surface area (Å²) in [4.78, 5) is 3.97. The molecule has 0 saturated heterocycles. The third-order valence-electron chi connectivity index (χ3n) is 2.93. The number of nitrogens with one attached hydrogen (secondary N) is 1. The fourth-order valence-corrected chi connectivity index (χ4v) is 1.99. The monoisotopic (exact) mass is 280 g/mol. The van der Waals surface area contributed by atoms with Gasteiger partial charge in [0.05, 0.1) is 11.7 Å². The van der Waals surface area contributed by atoms with Gasteiger partial charge in [-0.05, 0) is 31.2 Å². The number of aromatic nitrogens is 1. The third kappa shape index (κ3) is 3.17. The highest BCUT2D eigenvalue weighted by atomic mass is 19.1. The van der Waals surface area contributed by atoms with Crippen LogP contribution in [0.3, 0.4) is 0 Å². The summed E-state index contributed by atoms with van der Waals surface area (Å²) in [5.41, 5.74) is 0.281. The summed E-state index contributed by atoms with van der Waals surface area (Å²) in [5, 5.41) is 3.04. The number of hydrogen-bond acceptors (Lipinski definition) is 2. The fraction of sp³-hybridized carbons (Fsp3) is 0.267. The van der Waals surface area contributed by atoms with Crippen LogP contribution < -0.4 is 5.32 Å². The highest BCUT2D eigenvalue weighted by Gasteiger charge is 2.21. The lowest BCUT2D eigenvalue weighted by Gasteiger charge is -2.19. The second kappa shape index (κ2) is 6.52. The van der Waals surface area contributed by atoms with Crippen LogP contribution in [0.15, 0.2) is 36.5 Å². The molecule has 2 aromatic rings. The van der Waals surface area contributed by atoms with Crippen molar-refractivity contribution < 1.29 is 13.2 Å². The molecule has 1 aromatic heterocycles. The average Bonchev–Trinajstić information content (AvgIpc) is 2.42. The zero-order chi connectivity index (χ0) is 14.5. The van der Waals surface area contributed by atoms with E-state index in [1.807, 2.05) is 6.92 Å². The maximum absolute atomic E-state index is 13.9. The molecule has 0 spiro atoms. The maximum atomic E-state index is 13.9.